The molecule has 10 nitrogen and oxygen atoms in total. The molecule has 0 bridgehead atoms. The maximum Gasteiger partial charge on any atom is 0.203 e. The lowest BCUT2D eigenvalue weighted by atomic mass is 9.89. The van der Waals surface area contributed by atoms with E-state index in [0.29, 0.717) is 11.1 Å². The van der Waals surface area contributed by atoms with E-state index in [-0.39, 0.29) is 29.2 Å². The quantitative estimate of drug-likeness (QED) is 0.332. The third-order valence-electron chi connectivity index (χ3n) is 6.39. The molecule has 2 aliphatic rings. The summed E-state index contributed by atoms with van der Waals surface area (Å²) in [4.78, 5) is 13.7. The number of aliphatic hydroxyl groups excluding tert-OH is 3. The van der Waals surface area contributed by atoms with Crippen molar-refractivity contribution in [2.24, 2.45) is 0 Å². The predicted molar refractivity (Wildman–Crippen MR) is 126 cm³/mol. The molecule has 7 atom stereocenters. The van der Waals surface area contributed by atoms with E-state index in [0.717, 1.165) is 11.6 Å². The van der Waals surface area contributed by atoms with Gasteiger partial charge in [0.25, 0.3) is 0 Å². The number of phenolic OH excluding ortho intramolecular Hbond substituents is 3. The van der Waals surface area contributed by atoms with Crippen LogP contribution in [0.2, 0.25) is 0 Å². The lowest BCUT2D eigenvalue weighted by Gasteiger charge is -2.42. The van der Waals surface area contributed by atoms with E-state index in [2.05, 4.69) is 0 Å². The second-order valence-corrected chi connectivity index (χ2v) is 9.32. The molecule has 0 aromatic heterocycles. The van der Waals surface area contributed by atoms with Crippen LogP contribution in [0.15, 0.2) is 42.0 Å². The van der Waals surface area contributed by atoms with Gasteiger partial charge in [-0.1, -0.05) is 23.8 Å². The van der Waals surface area contributed by atoms with Gasteiger partial charge < -0.3 is 44.8 Å². The number of aliphatic hydroxyl groups is 3. The van der Waals surface area contributed by atoms with Crippen LogP contribution < -0.4 is 4.74 Å². The molecule has 7 unspecified atom stereocenters. The van der Waals surface area contributed by atoms with Crippen molar-refractivity contribution >= 4 is 5.78 Å². The van der Waals surface area contributed by atoms with Crippen LogP contribution in [0, 0.1) is 0 Å². The van der Waals surface area contributed by atoms with Crippen LogP contribution in [0.4, 0.5) is 0 Å². The highest BCUT2D eigenvalue weighted by atomic mass is 16.7. The molecule has 36 heavy (non-hydrogen) atoms. The standard InChI is InChI=1S/C26H30O10/c1-11(2)4-9-15-16(28)10-17(29)18-20(31)25(36-26-22(33)21(32)19(30)12(3)34-26)23(35-24(15)18)13-5-7-14(27)8-6-13/h4-8,10,12,19,21-23,25-30,32-33H,9H2,1-3H3. The molecular weight excluding hydrogens is 472 g/mol. The van der Waals surface area contributed by atoms with Gasteiger partial charge in [-0.2, -0.15) is 0 Å². The molecule has 0 amide bonds. The van der Waals surface area contributed by atoms with Crippen LogP contribution in [-0.2, 0) is 15.9 Å². The average molecular weight is 503 g/mol. The summed E-state index contributed by atoms with van der Waals surface area (Å²) in [5.41, 5.74) is 1.48. The second-order valence-electron chi connectivity index (χ2n) is 9.32. The summed E-state index contributed by atoms with van der Waals surface area (Å²) >= 11 is 0. The van der Waals surface area contributed by atoms with Gasteiger partial charge in [-0.3, -0.25) is 4.79 Å². The Kier molecular flexibility index (Phi) is 7.26. The van der Waals surface area contributed by atoms with Gasteiger partial charge >= 0.3 is 0 Å². The fourth-order valence-electron chi connectivity index (χ4n) is 4.32. The minimum Gasteiger partial charge on any atom is -0.508 e. The summed E-state index contributed by atoms with van der Waals surface area (Å²) in [6, 6.07) is 6.89. The highest BCUT2D eigenvalue weighted by Gasteiger charge is 2.48. The number of aromatic hydroxyl groups is 3. The molecule has 2 aromatic rings. The van der Waals surface area contributed by atoms with Crippen LogP contribution in [0.5, 0.6) is 23.0 Å². The van der Waals surface area contributed by atoms with Crippen molar-refractivity contribution in [3.05, 3.63) is 58.7 Å². The summed E-state index contributed by atoms with van der Waals surface area (Å²) in [5.74, 6) is -1.50. The van der Waals surface area contributed by atoms with Crippen molar-refractivity contribution in [3.63, 3.8) is 0 Å². The molecule has 4 rings (SSSR count). The number of ketones is 1. The van der Waals surface area contributed by atoms with E-state index in [1.807, 2.05) is 19.9 Å². The van der Waals surface area contributed by atoms with Gasteiger partial charge in [-0.25, -0.2) is 0 Å². The molecule has 0 spiro atoms. The number of fused-ring (bicyclic) bond motifs is 1. The Labute approximate surface area is 207 Å². The molecule has 0 radical (unpaired) electrons. The van der Waals surface area contributed by atoms with E-state index in [9.17, 15) is 35.4 Å². The molecular formula is C26H30O10. The van der Waals surface area contributed by atoms with Gasteiger partial charge in [-0.15, -0.1) is 0 Å². The van der Waals surface area contributed by atoms with Crippen LogP contribution in [-0.4, -0.2) is 73.2 Å². The zero-order valence-corrected chi connectivity index (χ0v) is 20.0. The van der Waals surface area contributed by atoms with Crippen molar-refractivity contribution in [2.45, 2.75) is 70.1 Å². The molecule has 0 saturated carbocycles. The fourth-order valence-corrected chi connectivity index (χ4v) is 4.32. The first kappa shape index (κ1) is 25.9. The van der Waals surface area contributed by atoms with E-state index < -0.39 is 54.4 Å². The van der Waals surface area contributed by atoms with Gasteiger partial charge in [0.15, 0.2) is 18.5 Å². The van der Waals surface area contributed by atoms with Crippen molar-refractivity contribution < 1.29 is 49.6 Å². The minimum absolute atomic E-state index is 0.0122. The summed E-state index contributed by atoms with van der Waals surface area (Å²) in [6.45, 7) is 5.23. The van der Waals surface area contributed by atoms with E-state index in [4.69, 9.17) is 14.2 Å². The van der Waals surface area contributed by atoms with Crippen LogP contribution >= 0.6 is 0 Å². The van der Waals surface area contributed by atoms with Crippen molar-refractivity contribution in [1.29, 1.82) is 0 Å². The maximum absolute atomic E-state index is 13.7. The number of Topliss-reactive ketones (excluding diaryl/α,β-unsaturated/α-hetero) is 1. The van der Waals surface area contributed by atoms with E-state index >= 15 is 0 Å². The first-order valence-electron chi connectivity index (χ1n) is 11.6. The normalized spacial score (nSPS) is 29.8. The first-order chi connectivity index (χ1) is 17.0. The molecule has 2 aliphatic heterocycles. The summed E-state index contributed by atoms with van der Waals surface area (Å²) in [5, 5.41) is 61.5. The van der Waals surface area contributed by atoms with Crippen molar-refractivity contribution in [2.75, 3.05) is 0 Å². The lowest BCUT2D eigenvalue weighted by molar-refractivity contribution is -0.304. The molecule has 2 aromatic carbocycles. The Morgan fingerprint density at radius 3 is 2.31 bits per heavy atom. The number of rotatable bonds is 5. The Balaban J connectivity index is 1.80. The van der Waals surface area contributed by atoms with Gasteiger partial charge in [-0.05, 0) is 44.9 Å². The lowest BCUT2D eigenvalue weighted by Crippen LogP contribution is -2.59. The van der Waals surface area contributed by atoms with Gasteiger partial charge in [0.2, 0.25) is 5.78 Å². The Morgan fingerprint density at radius 2 is 1.67 bits per heavy atom. The monoisotopic (exact) mass is 502 g/mol. The van der Waals surface area contributed by atoms with Gasteiger partial charge in [0.1, 0.15) is 46.9 Å². The highest BCUT2D eigenvalue weighted by Crippen LogP contribution is 2.47. The fraction of sp³-hybridized carbons (Fsp3) is 0.423. The molecule has 1 saturated heterocycles. The van der Waals surface area contributed by atoms with Crippen LogP contribution in [0.25, 0.3) is 0 Å². The summed E-state index contributed by atoms with van der Waals surface area (Å²) in [7, 11) is 0. The maximum atomic E-state index is 13.7. The SMILES string of the molecule is CC(C)=CCc1c(O)cc(O)c2c1OC(c1ccc(O)cc1)C(OC1OC(C)C(O)C(O)C1O)C2=O. The zero-order valence-electron chi connectivity index (χ0n) is 20.0. The predicted octanol–water partition coefficient (Wildman–Crippen LogP) is 1.84. The molecule has 6 N–H and O–H groups in total. The van der Waals surface area contributed by atoms with E-state index in [1.165, 1.54) is 31.2 Å². The molecule has 2 heterocycles. The number of hydrogen-bond donors (Lipinski definition) is 6. The number of carbonyl (C=O) groups excluding carboxylic acids is 1. The Morgan fingerprint density at radius 1 is 1.00 bits per heavy atom. The van der Waals surface area contributed by atoms with Gasteiger partial charge in [0.05, 0.1) is 6.10 Å². The first-order valence-corrected chi connectivity index (χ1v) is 11.6. The van der Waals surface area contributed by atoms with E-state index in [1.54, 1.807) is 0 Å². The van der Waals surface area contributed by atoms with Crippen LogP contribution in [0.1, 0.15) is 48.4 Å². The molecule has 0 aliphatic carbocycles. The molecule has 1 fully saturated rings. The second kappa shape index (κ2) is 10.1. The Bertz CT molecular complexity index is 1150. The minimum atomic E-state index is -1.67. The smallest absolute Gasteiger partial charge is 0.203 e. The number of allylic oxidation sites excluding steroid dienone is 2. The topological polar surface area (TPSA) is 166 Å². The van der Waals surface area contributed by atoms with Gasteiger partial charge in [0, 0.05) is 11.6 Å². The number of hydrogen-bond acceptors (Lipinski definition) is 10. The summed E-state index contributed by atoms with van der Waals surface area (Å²) < 4.78 is 17.6. The largest absolute Gasteiger partial charge is 0.508 e. The number of benzene rings is 2. The number of ether oxygens (including phenoxy) is 3. The molecule has 194 valence electrons. The zero-order chi connectivity index (χ0) is 26.3. The highest BCUT2D eigenvalue weighted by molar-refractivity contribution is 6.06. The third kappa shape index (κ3) is 4.78. The average Bonchev–Trinajstić information content (AvgIpc) is 2.82. The van der Waals surface area contributed by atoms with Crippen molar-refractivity contribution in [3.8, 4) is 23.0 Å². The Hall–Kier alpha value is -3.15. The number of carbonyl (C=O) groups is 1. The van der Waals surface area contributed by atoms with Crippen molar-refractivity contribution in [1.82, 2.24) is 0 Å². The van der Waals surface area contributed by atoms with Crippen LogP contribution in [0.3, 0.4) is 0 Å². The summed E-state index contributed by atoms with van der Waals surface area (Å²) in [6.07, 6.45) is -7.56. The number of phenols is 3. The third-order valence-corrected chi connectivity index (χ3v) is 6.39. The molecule has 10 heteroatoms.